The summed E-state index contributed by atoms with van der Waals surface area (Å²) < 4.78 is 0. The number of H-pyrrole nitrogens is 1. The molecule has 2 aliphatic heterocycles. The normalized spacial score (nSPS) is 15.6. The second kappa shape index (κ2) is 11.1. The van der Waals surface area contributed by atoms with Crippen LogP contribution in [0.2, 0.25) is 0 Å². The van der Waals surface area contributed by atoms with Crippen LogP contribution >= 0.6 is 0 Å². The van der Waals surface area contributed by atoms with Crippen LogP contribution in [0.3, 0.4) is 0 Å². The van der Waals surface area contributed by atoms with Gasteiger partial charge in [0.1, 0.15) is 0 Å². The summed E-state index contributed by atoms with van der Waals surface area (Å²) in [5.74, 6) is -0.106. The van der Waals surface area contributed by atoms with Gasteiger partial charge in [0.15, 0.2) is 0 Å². The number of nitrogens with one attached hydrogen (secondary N) is 3. The molecule has 2 amide bonds. The van der Waals surface area contributed by atoms with E-state index in [-0.39, 0.29) is 17.5 Å². The topological polar surface area (TPSA) is 133 Å². The van der Waals surface area contributed by atoms with Crippen molar-refractivity contribution >= 4 is 40.1 Å². The molecule has 10 heteroatoms. The third-order valence-electron chi connectivity index (χ3n) is 7.46. The summed E-state index contributed by atoms with van der Waals surface area (Å²) in [6.07, 6.45) is 6.71. The molecule has 0 saturated carbocycles. The van der Waals surface area contributed by atoms with Crippen molar-refractivity contribution in [3.05, 3.63) is 106 Å². The zero-order valence-electron chi connectivity index (χ0n) is 22.2. The number of nitrogens with zero attached hydrogens (tertiary/aromatic N) is 3. The molecule has 0 spiro atoms. The van der Waals surface area contributed by atoms with Gasteiger partial charge in [-0.1, -0.05) is 36.4 Å². The fourth-order valence-corrected chi connectivity index (χ4v) is 5.34. The highest BCUT2D eigenvalue weighted by molar-refractivity contribution is 6.37. The number of benzene rings is 3. The molecular formula is C31H28N6O4. The third kappa shape index (κ3) is 5.44. The van der Waals surface area contributed by atoms with E-state index in [0.29, 0.717) is 28.9 Å². The molecule has 6 rings (SSSR count). The molecule has 1 fully saturated rings. The lowest BCUT2D eigenvalue weighted by molar-refractivity contribution is -0.384. The van der Waals surface area contributed by atoms with Gasteiger partial charge in [-0.25, -0.2) is 4.98 Å². The molecule has 10 nitrogen and oxygen atoms in total. The van der Waals surface area contributed by atoms with Gasteiger partial charge >= 0.3 is 0 Å². The molecule has 0 radical (unpaired) electrons. The van der Waals surface area contributed by atoms with Gasteiger partial charge in [-0.3, -0.25) is 19.7 Å². The van der Waals surface area contributed by atoms with Crippen molar-refractivity contribution in [2.45, 2.75) is 25.7 Å². The smallest absolute Gasteiger partial charge is 0.270 e. The number of imidazole rings is 1. The van der Waals surface area contributed by atoms with Crippen molar-refractivity contribution < 1.29 is 14.5 Å². The molecule has 0 atom stereocenters. The molecule has 1 aromatic heterocycles. The van der Waals surface area contributed by atoms with Gasteiger partial charge in [0.25, 0.3) is 11.6 Å². The highest BCUT2D eigenvalue weighted by Gasteiger charge is 2.30. The van der Waals surface area contributed by atoms with Crippen LogP contribution in [0.1, 0.15) is 36.0 Å². The molecule has 3 N–H and O–H groups in total. The van der Waals surface area contributed by atoms with Crippen LogP contribution < -0.4 is 10.6 Å². The number of rotatable bonds is 9. The van der Waals surface area contributed by atoms with Gasteiger partial charge in [0.2, 0.25) is 5.91 Å². The number of hydrogen-bond acceptors (Lipinski definition) is 6. The van der Waals surface area contributed by atoms with E-state index in [1.165, 1.54) is 12.1 Å². The summed E-state index contributed by atoms with van der Waals surface area (Å²) in [6, 6.07) is 20.0. The summed E-state index contributed by atoms with van der Waals surface area (Å²) >= 11 is 0. The number of nitro groups is 1. The Bertz CT molecular complexity index is 1640. The largest absolute Gasteiger partial charge is 0.354 e. The number of amides is 2. The van der Waals surface area contributed by atoms with Gasteiger partial charge in [-0.05, 0) is 48.6 Å². The predicted octanol–water partition coefficient (Wildman–Crippen LogP) is 5.47. The SMILES string of the molecule is O=C1Nc2ccc([N+](=O)[O-])cc2C1=C(Nc1ccc(-c2c[nH]cn2)cc1)c1ccc(CCCN2CCCC2=O)cc1. The number of likely N-dealkylation sites (tertiary alicyclic amines) is 1. The summed E-state index contributed by atoms with van der Waals surface area (Å²) in [5.41, 5.74) is 6.18. The van der Waals surface area contributed by atoms with Crippen LogP contribution in [-0.4, -0.2) is 44.7 Å². The maximum atomic E-state index is 13.3. The van der Waals surface area contributed by atoms with Gasteiger partial charge in [0.05, 0.1) is 28.2 Å². The van der Waals surface area contributed by atoms with Crippen LogP contribution in [0.15, 0.2) is 79.3 Å². The Kier molecular flexibility index (Phi) is 7.03. The maximum Gasteiger partial charge on any atom is 0.270 e. The van der Waals surface area contributed by atoms with Gasteiger partial charge in [-0.15, -0.1) is 0 Å². The Morgan fingerprint density at radius 2 is 1.85 bits per heavy atom. The lowest BCUT2D eigenvalue weighted by atomic mass is 9.98. The average Bonchev–Trinajstić information content (AvgIpc) is 3.73. The molecule has 41 heavy (non-hydrogen) atoms. The molecule has 0 bridgehead atoms. The number of aromatic nitrogens is 2. The van der Waals surface area contributed by atoms with Gasteiger partial charge < -0.3 is 20.5 Å². The minimum absolute atomic E-state index is 0.0905. The molecular weight excluding hydrogens is 520 g/mol. The zero-order chi connectivity index (χ0) is 28.3. The minimum Gasteiger partial charge on any atom is -0.354 e. The number of carbonyl (C=O) groups excluding carboxylic acids is 2. The predicted molar refractivity (Wildman–Crippen MR) is 157 cm³/mol. The molecule has 3 heterocycles. The maximum absolute atomic E-state index is 13.3. The fourth-order valence-electron chi connectivity index (χ4n) is 5.34. The van der Waals surface area contributed by atoms with E-state index in [1.807, 2.05) is 59.6 Å². The Labute approximate surface area is 236 Å². The summed E-state index contributed by atoms with van der Waals surface area (Å²) in [7, 11) is 0. The van der Waals surface area contributed by atoms with Crippen molar-refractivity contribution in [3.8, 4) is 11.3 Å². The minimum atomic E-state index is -0.466. The number of aromatic amines is 1. The lowest BCUT2D eigenvalue weighted by Gasteiger charge is -2.16. The number of fused-ring (bicyclic) bond motifs is 1. The summed E-state index contributed by atoms with van der Waals surface area (Å²) in [6.45, 7) is 1.59. The molecule has 206 valence electrons. The lowest BCUT2D eigenvalue weighted by Crippen LogP contribution is -2.25. The number of non-ortho nitro benzene ring substituents is 1. The number of aryl methyl sites for hydroxylation is 1. The first-order chi connectivity index (χ1) is 20.0. The van der Waals surface area contributed by atoms with E-state index in [2.05, 4.69) is 20.6 Å². The fraction of sp³-hybridized carbons (Fsp3) is 0.194. The molecule has 4 aromatic rings. The zero-order valence-corrected chi connectivity index (χ0v) is 22.2. The highest BCUT2D eigenvalue weighted by atomic mass is 16.6. The average molecular weight is 549 g/mol. The number of carbonyl (C=O) groups is 2. The molecule has 2 aliphatic rings. The summed E-state index contributed by atoms with van der Waals surface area (Å²) in [5, 5.41) is 17.8. The van der Waals surface area contributed by atoms with Crippen molar-refractivity contribution in [1.82, 2.24) is 14.9 Å². The Morgan fingerprint density at radius 3 is 2.54 bits per heavy atom. The second-order valence-electron chi connectivity index (χ2n) is 10.1. The number of anilines is 2. The van der Waals surface area contributed by atoms with E-state index in [0.717, 1.165) is 60.4 Å². The van der Waals surface area contributed by atoms with E-state index >= 15 is 0 Å². The number of hydrogen-bond donors (Lipinski definition) is 3. The monoisotopic (exact) mass is 548 g/mol. The van der Waals surface area contributed by atoms with Crippen molar-refractivity contribution in [3.63, 3.8) is 0 Å². The Morgan fingerprint density at radius 1 is 1.05 bits per heavy atom. The molecule has 1 saturated heterocycles. The summed E-state index contributed by atoms with van der Waals surface area (Å²) in [4.78, 5) is 45.4. The third-order valence-corrected chi connectivity index (χ3v) is 7.46. The van der Waals surface area contributed by atoms with Crippen LogP contribution in [0.4, 0.5) is 17.1 Å². The van der Waals surface area contributed by atoms with Crippen LogP contribution in [0.5, 0.6) is 0 Å². The van der Waals surface area contributed by atoms with E-state index in [9.17, 15) is 19.7 Å². The van der Waals surface area contributed by atoms with E-state index in [4.69, 9.17) is 0 Å². The molecule has 0 aliphatic carbocycles. The first-order valence-corrected chi connectivity index (χ1v) is 13.5. The Balaban J connectivity index is 1.32. The van der Waals surface area contributed by atoms with Gasteiger partial charge in [0, 0.05) is 60.3 Å². The van der Waals surface area contributed by atoms with Crippen LogP contribution in [0.25, 0.3) is 22.5 Å². The molecule has 0 unspecified atom stereocenters. The second-order valence-corrected chi connectivity index (χ2v) is 10.1. The van der Waals surface area contributed by atoms with E-state index in [1.54, 1.807) is 12.4 Å². The van der Waals surface area contributed by atoms with Gasteiger partial charge in [-0.2, -0.15) is 0 Å². The van der Waals surface area contributed by atoms with Crippen LogP contribution in [0, 0.1) is 10.1 Å². The molecule has 3 aromatic carbocycles. The standard InChI is InChI=1S/C31H28N6O4/c38-28-4-2-16-36(28)15-1-3-20-5-7-22(8-6-20)30(34-23-11-9-21(10-12-23)27-18-32-19-33-27)29-25-17-24(37(40)41)13-14-26(25)35-31(29)39/h5-14,17-19,34H,1-4,15-16H2,(H,32,33)(H,35,39). The van der Waals surface area contributed by atoms with Crippen molar-refractivity contribution in [2.24, 2.45) is 0 Å². The first kappa shape index (κ1) is 26.0. The van der Waals surface area contributed by atoms with Crippen molar-refractivity contribution in [2.75, 3.05) is 23.7 Å². The number of nitro benzene ring substituents is 1. The van der Waals surface area contributed by atoms with Crippen molar-refractivity contribution in [1.29, 1.82) is 0 Å². The highest BCUT2D eigenvalue weighted by Crippen LogP contribution is 2.39. The first-order valence-electron chi connectivity index (χ1n) is 13.5. The Hall–Kier alpha value is -5.25. The van der Waals surface area contributed by atoms with E-state index < -0.39 is 4.92 Å². The quantitative estimate of drug-likeness (QED) is 0.144. The van der Waals surface area contributed by atoms with Crippen LogP contribution in [-0.2, 0) is 16.0 Å².